The minimum absolute atomic E-state index is 0.188. The molecule has 0 saturated heterocycles. The average Bonchev–Trinajstić information content (AvgIpc) is 2.80. The van der Waals surface area contributed by atoms with Crippen LogP contribution in [0.3, 0.4) is 0 Å². The van der Waals surface area contributed by atoms with Crippen molar-refractivity contribution in [2.45, 2.75) is 70.7 Å². The van der Waals surface area contributed by atoms with Crippen molar-refractivity contribution in [3.05, 3.63) is 18.2 Å². The molecule has 0 radical (unpaired) electrons. The summed E-state index contributed by atoms with van der Waals surface area (Å²) in [4.78, 5) is 16.0. The molecule has 1 heterocycles. The summed E-state index contributed by atoms with van der Waals surface area (Å²) in [6.07, 6.45) is 7.59. The first kappa shape index (κ1) is 16.8. The summed E-state index contributed by atoms with van der Waals surface area (Å²) in [5, 5.41) is 6.55. The number of hydrogen-bond acceptors (Lipinski definition) is 4. The molecule has 1 aliphatic carbocycles. The Labute approximate surface area is 132 Å². The molecule has 1 aliphatic rings. The predicted octanol–water partition coefficient (Wildman–Crippen LogP) is 2.35. The Kier molecular flexibility index (Phi) is 5.45. The minimum atomic E-state index is -0.448. The second-order valence-corrected chi connectivity index (χ2v) is 7.08. The molecule has 6 nitrogen and oxygen atoms in total. The van der Waals surface area contributed by atoms with Crippen LogP contribution in [0.1, 0.15) is 52.1 Å². The lowest BCUT2D eigenvalue weighted by Gasteiger charge is -2.31. The van der Waals surface area contributed by atoms with Crippen LogP contribution in [0.2, 0.25) is 0 Å². The van der Waals surface area contributed by atoms with Crippen molar-refractivity contribution in [1.82, 2.24) is 20.2 Å². The van der Waals surface area contributed by atoms with Crippen LogP contribution in [-0.2, 0) is 18.3 Å². The first-order chi connectivity index (χ1) is 10.3. The summed E-state index contributed by atoms with van der Waals surface area (Å²) in [6, 6.07) is 0.608. The first-order valence-electron chi connectivity index (χ1n) is 8.01. The van der Waals surface area contributed by atoms with Crippen LogP contribution in [-0.4, -0.2) is 33.3 Å². The van der Waals surface area contributed by atoms with Crippen molar-refractivity contribution in [2.24, 2.45) is 7.05 Å². The number of imidazole rings is 1. The number of nitrogens with zero attached hydrogens (tertiary/aromatic N) is 2. The van der Waals surface area contributed by atoms with Gasteiger partial charge in [0.1, 0.15) is 5.60 Å². The number of carbonyl (C=O) groups excluding carboxylic acids is 1. The second kappa shape index (κ2) is 7.13. The summed E-state index contributed by atoms with van der Waals surface area (Å²) in [7, 11) is 2.00. The van der Waals surface area contributed by atoms with Crippen LogP contribution >= 0.6 is 0 Å². The third-order valence-corrected chi connectivity index (χ3v) is 3.88. The Bertz CT molecular complexity index is 493. The topological polar surface area (TPSA) is 68.2 Å². The van der Waals surface area contributed by atoms with E-state index >= 15 is 0 Å². The Morgan fingerprint density at radius 3 is 2.77 bits per heavy atom. The van der Waals surface area contributed by atoms with Crippen molar-refractivity contribution in [3.8, 4) is 0 Å². The number of amides is 1. The number of alkyl carbamates (subject to hydrolysis) is 1. The number of aryl methyl sites for hydroxylation is 1. The van der Waals surface area contributed by atoms with Crippen molar-refractivity contribution in [2.75, 3.05) is 0 Å². The van der Waals surface area contributed by atoms with Crippen LogP contribution in [0.5, 0.6) is 0 Å². The van der Waals surface area contributed by atoms with Crippen LogP contribution in [0.25, 0.3) is 0 Å². The maximum Gasteiger partial charge on any atom is 0.407 e. The third kappa shape index (κ3) is 5.33. The Balaban J connectivity index is 1.77. The molecule has 0 bridgehead atoms. The summed E-state index contributed by atoms with van der Waals surface area (Å²) >= 11 is 0. The van der Waals surface area contributed by atoms with Gasteiger partial charge in [-0.1, -0.05) is 0 Å². The molecule has 22 heavy (non-hydrogen) atoms. The van der Waals surface area contributed by atoms with Gasteiger partial charge in [0.15, 0.2) is 0 Å². The first-order valence-corrected chi connectivity index (χ1v) is 8.01. The maximum atomic E-state index is 11.9. The molecular weight excluding hydrogens is 280 g/mol. The lowest BCUT2D eigenvalue weighted by molar-refractivity contribution is 0.0488. The molecule has 6 heteroatoms. The molecule has 0 aliphatic heterocycles. The lowest BCUT2D eigenvalue weighted by Crippen LogP contribution is -2.45. The predicted molar refractivity (Wildman–Crippen MR) is 85.5 cm³/mol. The number of rotatable bonds is 4. The highest BCUT2D eigenvalue weighted by atomic mass is 16.6. The van der Waals surface area contributed by atoms with E-state index in [9.17, 15) is 4.79 Å². The van der Waals surface area contributed by atoms with Crippen molar-refractivity contribution in [3.63, 3.8) is 0 Å². The molecule has 1 amide bonds. The average molecular weight is 308 g/mol. The highest BCUT2D eigenvalue weighted by molar-refractivity contribution is 5.68. The number of ether oxygens (including phenoxy) is 1. The van der Waals surface area contributed by atoms with Crippen LogP contribution < -0.4 is 10.6 Å². The fourth-order valence-corrected chi connectivity index (χ4v) is 2.78. The van der Waals surface area contributed by atoms with E-state index in [1.54, 1.807) is 0 Å². The smallest absolute Gasteiger partial charge is 0.407 e. The Morgan fingerprint density at radius 1 is 1.41 bits per heavy atom. The van der Waals surface area contributed by atoms with Gasteiger partial charge in [-0.15, -0.1) is 0 Å². The van der Waals surface area contributed by atoms with E-state index in [-0.39, 0.29) is 12.1 Å². The monoisotopic (exact) mass is 308 g/mol. The standard InChI is InChI=1S/C16H28N4O2/c1-16(2,3)22-15(21)19-13-7-5-6-12(8-13)18-10-14-9-17-11-20(14)4/h9,11-13,18H,5-8,10H2,1-4H3,(H,19,21)/t12-,13-/m1/s1. The fraction of sp³-hybridized carbons (Fsp3) is 0.750. The van der Waals surface area contributed by atoms with Crippen molar-refractivity contribution in [1.29, 1.82) is 0 Å². The van der Waals surface area contributed by atoms with E-state index in [2.05, 4.69) is 15.6 Å². The van der Waals surface area contributed by atoms with Crippen LogP contribution in [0, 0.1) is 0 Å². The highest BCUT2D eigenvalue weighted by Crippen LogP contribution is 2.19. The Morgan fingerprint density at radius 2 is 2.14 bits per heavy atom. The summed E-state index contributed by atoms with van der Waals surface area (Å²) in [5.74, 6) is 0. The normalized spacial score (nSPS) is 22.4. The van der Waals surface area contributed by atoms with Gasteiger partial charge >= 0.3 is 6.09 Å². The molecule has 1 aromatic rings. The van der Waals surface area contributed by atoms with Crippen molar-refractivity contribution >= 4 is 6.09 Å². The van der Waals surface area contributed by atoms with E-state index in [0.717, 1.165) is 32.2 Å². The van der Waals surface area contributed by atoms with Crippen LogP contribution in [0.4, 0.5) is 4.79 Å². The van der Waals surface area contributed by atoms with Gasteiger partial charge < -0.3 is 19.9 Å². The quantitative estimate of drug-likeness (QED) is 0.896. The van der Waals surface area contributed by atoms with Gasteiger partial charge in [0.2, 0.25) is 0 Å². The molecule has 2 atom stereocenters. The van der Waals surface area contributed by atoms with Crippen LogP contribution in [0.15, 0.2) is 12.5 Å². The zero-order valence-corrected chi connectivity index (χ0v) is 14.1. The second-order valence-electron chi connectivity index (χ2n) is 7.08. The van der Waals surface area contributed by atoms with Gasteiger partial charge in [0.05, 0.1) is 12.0 Å². The van der Waals surface area contributed by atoms with Gasteiger partial charge in [-0.25, -0.2) is 9.78 Å². The lowest BCUT2D eigenvalue weighted by atomic mass is 9.91. The fourth-order valence-electron chi connectivity index (χ4n) is 2.78. The summed E-state index contributed by atoms with van der Waals surface area (Å²) < 4.78 is 7.35. The van der Waals surface area contributed by atoms with E-state index < -0.39 is 5.60 Å². The van der Waals surface area contributed by atoms with Gasteiger partial charge in [0.25, 0.3) is 0 Å². The third-order valence-electron chi connectivity index (χ3n) is 3.88. The SMILES string of the molecule is Cn1cncc1CN[C@@H]1CCC[C@@H](NC(=O)OC(C)(C)C)C1. The molecular formula is C16H28N4O2. The molecule has 2 rings (SSSR count). The molecule has 1 saturated carbocycles. The number of carbonyl (C=O) groups is 1. The van der Waals surface area contributed by atoms with Crippen molar-refractivity contribution < 1.29 is 9.53 Å². The number of hydrogen-bond donors (Lipinski definition) is 2. The summed E-state index contributed by atoms with van der Waals surface area (Å²) in [6.45, 7) is 6.45. The molecule has 0 spiro atoms. The largest absolute Gasteiger partial charge is 0.444 e. The molecule has 1 fully saturated rings. The maximum absolute atomic E-state index is 11.9. The summed E-state index contributed by atoms with van der Waals surface area (Å²) in [5.41, 5.74) is 0.720. The molecule has 0 aromatic carbocycles. The van der Waals surface area contributed by atoms with Gasteiger partial charge in [-0.3, -0.25) is 0 Å². The van der Waals surface area contributed by atoms with E-state index in [4.69, 9.17) is 4.74 Å². The number of aromatic nitrogens is 2. The molecule has 0 unspecified atom stereocenters. The Hall–Kier alpha value is -1.56. The minimum Gasteiger partial charge on any atom is -0.444 e. The zero-order chi connectivity index (χ0) is 16.2. The molecule has 2 N–H and O–H groups in total. The zero-order valence-electron chi connectivity index (χ0n) is 14.1. The molecule has 1 aromatic heterocycles. The van der Waals surface area contributed by atoms with E-state index in [0.29, 0.717) is 6.04 Å². The highest BCUT2D eigenvalue weighted by Gasteiger charge is 2.25. The number of nitrogens with one attached hydrogen (secondary N) is 2. The van der Waals surface area contributed by atoms with Gasteiger partial charge in [-0.2, -0.15) is 0 Å². The van der Waals surface area contributed by atoms with E-state index in [1.165, 1.54) is 5.69 Å². The molecule has 124 valence electrons. The van der Waals surface area contributed by atoms with Gasteiger partial charge in [0, 0.05) is 31.9 Å². The van der Waals surface area contributed by atoms with Gasteiger partial charge in [-0.05, 0) is 46.5 Å². The van der Waals surface area contributed by atoms with E-state index in [1.807, 2.05) is 44.9 Å².